The van der Waals surface area contributed by atoms with Gasteiger partial charge in [0.2, 0.25) is 0 Å². The van der Waals surface area contributed by atoms with Crippen LogP contribution in [0.2, 0.25) is 0 Å². The van der Waals surface area contributed by atoms with E-state index in [-0.39, 0.29) is 5.54 Å². The Kier molecular flexibility index (Phi) is 4.07. The van der Waals surface area contributed by atoms with Crippen LogP contribution in [0.1, 0.15) is 37.6 Å². The fourth-order valence-corrected chi connectivity index (χ4v) is 1.73. The van der Waals surface area contributed by atoms with Gasteiger partial charge < -0.3 is 4.90 Å². The molecule has 1 rings (SSSR count). The van der Waals surface area contributed by atoms with Crippen molar-refractivity contribution in [3.05, 3.63) is 29.5 Å². The number of nitriles is 1. The molecule has 0 aliphatic heterocycles. The number of nitrogens with zero attached hydrogens (tertiary/aromatic N) is 4. The Morgan fingerprint density at radius 3 is 2.39 bits per heavy atom. The summed E-state index contributed by atoms with van der Waals surface area (Å²) in [4.78, 5) is 2.04. The van der Waals surface area contributed by atoms with Crippen LogP contribution in [-0.2, 0) is 0 Å². The van der Waals surface area contributed by atoms with Crippen molar-refractivity contribution < 1.29 is 0 Å². The van der Waals surface area contributed by atoms with Crippen molar-refractivity contribution in [2.24, 2.45) is 0 Å². The summed E-state index contributed by atoms with van der Waals surface area (Å²) in [6, 6.07) is 2.24. The molecule has 1 aromatic heterocycles. The summed E-state index contributed by atoms with van der Waals surface area (Å²) >= 11 is 0. The van der Waals surface area contributed by atoms with Gasteiger partial charge in [0.1, 0.15) is 11.6 Å². The van der Waals surface area contributed by atoms with Gasteiger partial charge in [0, 0.05) is 12.1 Å². The molecule has 0 aliphatic carbocycles. The third kappa shape index (κ3) is 2.67. The first-order chi connectivity index (χ1) is 8.32. The third-order valence-corrected chi connectivity index (χ3v) is 2.92. The third-order valence-electron chi connectivity index (χ3n) is 2.92. The standard InChI is InChI=1S/C14H20N4/c1-7-8-18(14(4,5)6)13-12(9-15)10(2)11(3)16-17-13/h7H,1,8H2,2-6H3. The second-order valence-electron chi connectivity index (χ2n) is 5.29. The highest BCUT2D eigenvalue weighted by atomic mass is 15.3. The van der Waals surface area contributed by atoms with Gasteiger partial charge in [0.25, 0.3) is 0 Å². The molecule has 0 radical (unpaired) electrons. The number of aromatic nitrogens is 2. The van der Waals surface area contributed by atoms with Gasteiger partial charge in [0.15, 0.2) is 5.82 Å². The van der Waals surface area contributed by atoms with Gasteiger partial charge in [-0.15, -0.1) is 11.7 Å². The molecular weight excluding hydrogens is 224 g/mol. The van der Waals surface area contributed by atoms with Crippen molar-refractivity contribution in [2.75, 3.05) is 11.4 Å². The molecule has 0 unspecified atom stereocenters. The smallest absolute Gasteiger partial charge is 0.170 e. The maximum Gasteiger partial charge on any atom is 0.170 e. The Balaban J connectivity index is 3.43. The fourth-order valence-electron chi connectivity index (χ4n) is 1.73. The molecule has 0 atom stereocenters. The Labute approximate surface area is 109 Å². The SMILES string of the molecule is C=CCN(c1nnc(C)c(C)c1C#N)C(C)(C)C. The van der Waals surface area contributed by atoms with E-state index in [4.69, 9.17) is 0 Å². The zero-order chi connectivity index (χ0) is 13.9. The summed E-state index contributed by atoms with van der Waals surface area (Å²) in [6.45, 7) is 14.4. The number of hydrogen-bond donors (Lipinski definition) is 0. The zero-order valence-electron chi connectivity index (χ0n) is 11.8. The highest BCUT2D eigenvalue weighted by Gasteiger charge is 2.25. The Bertz CT molecular complexity index is 492. The summed E-state index contributed by atoms with van der Waals surface area (Å²) in [6.07, 6.45) is 1.81. The van der Waals surface area contributed by atoms with E-state index in [1.54, 1.807) is 0 Å². The maximum atomic E-state index is 9.34. The number of hydrogen-bond acceptors (Lipinski definition) is 4. The van der Waals surface area contributed by atoms with Crippen molar-refractivity contribution in [3.63, 3.8) is 0 Å². The lowest BCUT2D eigenvalue weighted by atomic mass is 10.0. The van der Waals surface area contributed by atoms with E-state index in [2.05, 4.69) is 43.6 Å². The summed E-state index contributed by atoms with van der Waals surface area (Å²) in [5, 5.41) is 17.7. The predicted molar refractivity (Wildman–Crippen MR) is 73.5 cm³/mol. The first kappa shape index (κ1) is 14.2. The molecule has 0 aromatic carbocycles. The van der Waals surface area contributed by atoms with Gasteiger partial charge >= 0.3 is 0 Å². The topological polar surface area (TPSA) is 52.8 Å². The lowest BCUT2D eigenvalue weighted by Gasteiger charge is -2.36. The Morgan fingerprint density at radius 1 is 1.33 bits per heavy atom. The maximum absolute atomic E-state index is 9.34. The minimum absolute atomic E-state index is 0.143. The van der Waals surface area contributed by atoms with Crippen molar-refractivity contribution >= 4 is 5.82 Å². The van der Waals surface area contributed by atoms with Crippen LogP contribution in [-0.4, -0.2) is 22.3 Å². The molecule has 0 N–H and O–H groups in total. The van der Waals surface area contributed by atoms with Crippen LogP contribution in [0, 0.1) is 25.2 Å². The summed E-state index contributed by atoms with van der Waals surface area (Å²) in [7, 11) is 0. The van der Waals surface area contributed by atoms with Crippen molar-refractivity contribution in [1.82, 2.24) is 10.2 Å². The van der Waals surface area contributed by atoms with E-state index in [0.717, 1.165) is 11.3 Å². The molecule has 0 saturated carbocycles. The lowest BCUT2D eigenvalue weighted by Crippen LogP contribution is -2.43. The molecule has 1 aromatic rings. The van der Waals surface area contributed by atoms with E-state index >= 15 is 0 Å². The molecular formula is C14H20N4. The molecule has 18 heavy (non-hydrogen) atoms. The van der Waals surface area contributed by atoms with E-state index in [1.807, 2.05) is 24.8 Å². The van der Waals surface area contributed by atoms with E-state index in [0.29, 0.717) is 17.9 Å². The first-order valence-electron chi connectivity index (χ1n) is 5.95. The zero-order valence-corrected chi connectivity index (χ0v) is 11.8. The number of aryl methyl sites for hydroxylation is 1. The molecule has 0 saturated heterocycles. The molecule has 1 heterocycles. The molecule has 0 amide bonds. The first-order valence-corrected chi connectivity index (χ1v) is 5.95. The number of anilines is 1. The van der Waals surface area contributed by atoms with E-state index < -0.39 is 0 Å². The highest BCUT2D eigenvalue weighted by molar-refractivity contribution is 5.59. The minimum atomic E-state index is -0.143. The van der Waals surface area contributed by atoms with Gasteiger partial charge in [-0.2, -0.15) is 10.4 Å². The second-order valence-corrected chi connectivity index (χ2v) is 5.29. The van der Waals surface area contributed by atoms with Crippen LogP contribution in [0.3, 0.4) is 0 Å². The molecule has 0 fully saturated rings. The Hall–Kier alpha value is -1.89. The molecule has 4 heteroatoms. The van der Waals surface area contributed by atoms with Gasteiger partial charge in [0.05, 0.1) is 5.69 Å². The van der Waals surface area contributed by atoms with Crippen LogP contribution in [0.25, 0.3) is 0 Å². The summed E-state index contributed by atoms with van der Waals surface area (Å²) in [5.74, 6) is 0.632. The fraction of sp³-hybridized carbons (Fsp3) is 0.500. The minimum Gasteiger partial charge on any atom is -0.345 e. The normalized spacial score (nSPS) is 10.9. The van der Waals surface area contributed by atoms with E-state index in [1.165, 1.54) is 0 Å². The molecule has 0 aliphatic rings. The van der Waals surface area contributed by atoms with Gasteiger partial charge in [-0.05, 0) is 40.2 Å². The average Bonchev–Trinajstić information content (AvgIpc) is 2.28. The molecule has 0 spiro atoms. The highest BCUT2D eigenvalue weighted by Crippen LogP contribution is 2.27. The van der Waals surface area contributed by atoms with Crippen LogP contribution < -0.4 is 4.90 Å². The van der Waals surface area contributed by atoms with Crippen molar-refractivity contribution in [1.29, 1.82) is 5.26 Å². The average molecular weight is 244 g/mol. The lowest BCUT2D eigenvalue weighted by molar-refractivity contribution is 0.514. The van der Waals surface area contributed by atoms with E-state index in [9.17, 15) is 5.26 Å². The second kappa shape index (κ2) is 5.18. The van der Waals surface area contributed by atoms with Crippen LogP contribution >= 0.6 is 0 Å². The summed E-state index contributed by atoms with van der Waals surface area (Å²) < 4.78 is 0. The molecule has 0 bridgehead atoms. The summed E-state index contributed by atoms with van der Waals surface area (Å²) in [5.41, 5.74) is 2.14. The Morgan fingerprint density at radius 2 is 1.94 bits per heavy atom. The largest absolute Gasteiger partial charge is 0.345 e. The molecule has 4 nitrogen and oxygen atoms in total. The predicted octanol–water partition coefficient (Wildman–Crippen LogP) is 2.76. The van der Waals surface area contributed by atoms with Gasteiger partial charge in [-0.25, -0.2) is 0 Å². The van der Waals surface area contributed by atoms with Crippen molar-refractivity contribution in [3.8, 4) is 6.07 Å². The molecule has 96 valence electrons. The van der Waals surface area contributed by atoms with Gasteiger partial charge in [-0.3, -0.25) is 0 Å². The van der Waals surface area contributed by atoms with Crippen LogP contribution in [0.4, 0.5) is 5.82 Å². The number of rotatable bonds is 3. The van der Waals surface area contributed by atoms with Gasteiger partial charge in [-0.1, -0.05) is 6.08 Å². The van der Waals surface area contributed by atoms with Crippen molar-refractivity contribution in [2.45, 2.75) is 40.2 Å². The van der Waals surface area contributed by atoms with Crippen LogP contribution in [0.5, 0.6) is 0 Å². The van der Waals surface area contributed by atoms with Crippen LogP contribution in [0.15, 0.2) is 12.7 Å². The monoisotopic (exact) mass is 244 g/mol. The quantitative estimate of drug-likeness (QED) is 0.767.